The van der Waals surface area contributed by atoms with E-state index in [9.17, 15) is 4.79 Å². The van der Waals surface area contributed by atoms with Crippen molar-refractivity contribution in [3.8, 4) is 0 Å². The molecule has 4 nitrogen and oxygen atoms in total. The Kier molecular flexibility index (Phi) is 6.36. The van der Waals surface area contributed by atoms with E-state index in [1.54, 1.807) is 0 Å². The molecule has 4 heteroatoms. The van der Waals surface area contributed by atoms with Crippen LogP contribution in [-0.4, -0.2) is 24.3 Å². The van der Waals surface area contributed by atoms with E-state index < -0.39 is 0 Å². The minimum atomic E-state index is -0.257. The maximum atomic E-state index is 11.5. The molecule has 3 N–H and O–H groups in total. The lowest BCUT2D eigenvalue weighted by Gasteiger charge is -2.15. The quantitative estimate of drug-likeness (QED) is 0.738. The number of amides is 2. The van der Waals surface area contributed by atoms with Gasteiger partial charge in [0, 0.05) is 6.54 Å². The van der Waals surface area contributed by atoms with Gasteiger partial charge in [-0.2, -0.15) is 0 Å². The number of hydrogen-bond donors (Lipinski definition) is 3. The number of carbonyl (C=O) groups excluding carboxylic acids is 1. The van der Waals surface area contributed by atoms with Gasteiger partial charge in [-0.25, -0.2) is 4.79 Å². The Hall–Kier alpha value is -1.55. The second-order valence-electron chi connectivity index (χ2n) is 5.19. The van der Waals surface area contributed by atoms with Crippen LogP contribution in [0.1, 0.15) is 37.9 Å². The molecule has 0 spiro atoms. The lowest BCUT2D eigenvalue weighted by atomic mass is 10.00. The molecule has 2 amide bonds. The molecular weight excluding hydrogens is 240 g/mol. The lowest BCUT2D eigenvalue weighted by molar-refractivity contribution is 0.231. The first-order chi connectivity index (χ1) is 9.02. The van der Waals surface area contributed by atoms with E-state index in [2.05, 4.69) is 48.7 Å². The maximum Gasteiger partial charge on any atom is 0.315 e. The fourth-order valence-corrected chi connectivity index (χ4v) is 1.91. The van der Waals surface area contributed by atoms with Crippen molar-refractivity contribution in [1.82, 2.24) is 10.6 Å². The molecule has 0 aliphatic heterocycles. The van der Waals surface area contributed by atoms with Crippen molar-refractivity contribution in [2.24, 2.45) is 5.92 Å². The van der Waals surface area contributed by atoms with Crippen LogP contribution in [0, 0.1) is 5.92 Å². The molecule has 0 fully saturated rings. The summed E-state index contributed by atoms with van der Waals surface area (Å²) in [5.74, 6) is 0.644. The summed E-state index contributed by atoms with van der Waals surface area (Å²) in [6.07, 6.45) is 1.07. The summed E-state index contributed by atoms with van der Waals surface area (Å²) in [6.45, 7) is 6.56. The molecule has 0 saturated heterocycles. The van der Waals surface area contributed by atoms with E-state index >= 15 is 0 Å². The van der Waals surface area contributed by atoms with Crippen LogP contribution >= 0.6 is 0 Å². The maximum absolute atomic E-state index is 11.5. The van der Waals surface area contributed by atoms with Gasteiger partial charge in [-0.15, -0.1) is 0 Å². The van der Waals surface area contributed by atoms with Gasteiger partial charge in [-0.05, 0) is 30.4 Å². The molecule has 106 valence electrons. The normalized spacial score (nSPS) is 12.3. The summed E-state index contributed by atoms with van der Waals surface area (Å²) >= 11 is 0. The molecule has 1 aromatic carbocycles. The van der Waals surface area contributed by atoms with E-state index in [1.165, 1.54) is 5.56 Å². The van der Waals surface area contributed by atoms with Crippen LogP contribution in [-0.2, 0) is 6.42 Å². The van der Waals surface area contributed by atoms with Gasteiger partial charge < -0.3 is 15.7 Å². The molecule has 1 aromatic rings. The SMILES string of the molecule is CC(C)Cc1ccc(C(C)NC(=O)NCCO)cc1. The Labute approximate surface area is 115 Å². The predicted molar refractivity (Wildman–Crippen MR) is 77.0 cm³/mol. The fourth-order valence-electron chi connectivity index (χ4n) is 1.91. The molecule has 1 atom stereocenters. The van der Waals surface area contributed by atoms with Crippen LogP contribution in [0.25, 0.3) is 0 Å². The standard InChI is InChI=1S/C15H24N2O2/c1-11(2)10-13-4-6-14(7-5-13)12(3)17-15(19)16-8-9-18/h4-7,11-12,18H,8-10H2,1-3H3,(H2,16,17,19). The number of aliphatic hydroxyl groups is 1. The lowest BCUT2D eigenvalue weighted by Crippen LogP contribution is -2.38. The molecule has 0 bridgehead atoms. The number of hydrogen-bond acceptors (Lipinski definition) is 2. The highest BCUT2D eigenvalue weighted by Crippen LogP contribution is 2.15. The van der Waals surface area contributed by atoms with E-state index in [0.717, 1.165) is 12.0 Å². The summed E-state index contributed by atoms with van der Waals surface area (Å²) in [6, 6.07) is 8.02. The second kappa shape index (κ2) is 7.79. The minimum Gasteiger partial charge on any atom is -0.395 e. The molecule has 0 aromatic heterocycles. The van der Waals surface area contributed by atoms with Crippen LogP contribution in [0.2, 0.25) is 0 Å². The highest BCUT2D eigenvalue weighted by Gasteiger charge is 2.08. The number of carbonyl (C=O) groups is 1. The first-order valence-electron chi connectivity index (χ1n) is 6.77. The van der Waals surface area contributed by atoms with Crippen molar-refractivity contribution in [2.45, 2.75) is 33.2 Å². The zero-order valence-electron chi connectivity index (χ0n) is 11.9. The molecule has 19 heavy (non-hydrogen) atoms. The Bertz CT molecular complexity index is 388. The molecule has 0 heterocycles. The molecule has 0 aliphatic carbocycles. The van der Waals surface area contributed by atoms with Crippen LogP contribution in [0.3, 0.4) is 0 Å². The van der Waals surface area contributed by atoms with Crippen molar-refractivity contribution in [3.05, 3.63) is 35.4 Å². The molecule has 0 aliphatic rings. The van der Waals surface area contributed by atoms with Crippen LogP contribution < -0.4 is 10.6 Å². The van der Waals surface area contributed by atoms with Crippen molar-refractivity contribution in [1.29, 1.82) is 0 Å². The zero-order valence-corrected chi connectivity index (χ0v) is 11.9. The van der Waals surface area contributed by atoms with Gasteiger partial charge in [0.2, 0.25) is 0 Å². The van der Waals surface area contributed by atoms with Crippen molar-refractivity contribution >= 4 is 6.03 Å². The average Bonchev–Trinajstić information content (AvgIpc) is 2.36. The molecule has 0 saturated carbocycles. The highest BCUT2D eigenvalue weighted by molar-refractivity contribution is 5.74. The summed E-state index contributed by atoms with van der Waals surface area (Å²) in [4.78, 5) is 11.5. The minimum absolute atomic E-state index is 0.0493. The number of benzene rings is 1. The largest absolute Gasteiger partial charge is 0.395 e. The Morgan fingerprint density at radius 3 is 2.37 bits per heavy atom. The topological polar surface area (TPSA) is 61.4 Å². The Morgan fingerprint density at radius 1 is 1.21 bits per heavy atom. The number of rotatable bonds is 6. The van der Waals surface area contributed by atoms with Gasteiger partial charge in [0.25, 0.3) is 0 Å². The van der Waals surface area contributed by atoms with Gasteiger partial charge in [0.1, 0.15) is 0 Å². The van der Waals surface area contributed by atoms with E-state index in [-0.39, 0.29) is 25.2 Å². The number of aliphatic hydroxyl groups excluding tert-OH is 1. The number of urea groups is 1. The molecular formula is C15H24N2O2. The molecule has 1 unspecified atom stereocenters. The Balaban J connectivity index is 2.52. The van der Waals surface area contributed by atoms with Crippen molar-refractivity contribution < 1.29 is 9.90 Å². The summed E-state index contributed by atoms with van der Waals surface area (Å²) in [5, 5.41) is 14.0. The predicted octanol–water partition coefficient (Wildman–Crippen LogP) is 2.24. The average molecular weight is 264 g/mol. The van der Waals surface area contributed by atoms with Gasteiger partial charge in [0.15, 0.2) is 0 Å². The third-order valence-electron chi connectivity index (χ3n) is 2.87. The van der Waals surface area contributed by atoms with Crippen molar-refractivity contribution in [3.63, 3.8) is 0 Å². The smallest absolute Gasteiger partial charge is 0.315 e. The second-order valence-corrected chi connectivity index (χ2v) is 5.19. The van der Waals surface area contributed by atoms with E-state index in [1.807, 2.05) is 6.92 Å². The first-order valence-corrected chi connectivity index (χ1v) is 6.77. The number of nitrogens with one attached hydrogen (secondary N) is 2. The Morgan fingerprint density at radius 2 is 1.84 bits per heavy atom. The first kappa shape index (κ1) is 15.5. The fraction of sp³-hybridized carbons (Fsp3) is 0.533. The highest BCUT2D eigenvalue weighted by atomic mass is 16.3. The van der Waals surface area contributed by atoms with Gasteiger partial charge >= 0.3 is 6.03 Å². The zero-order chi connectivity index (χ0) is 14.3. The van der Waals surface area contributed by atoms with E-state index in [4.69, 9.17) is 5.11 Å². The monoisotopic (exact) mass is 264 g/mol. The van der Waals surface area contributed by atoms with E-state index in [0.29, 0.717) is 5.92 Å². The van der Waals surface area contributed by atoms with Crippen molar-refractivity contribution in [2.75, 3.05) is 13.2 Å². The van der Waals surface area contributed by atoms with Crippen LogP contribution in [0.15, 0.2) is 24.3 Å². The summed E-state index contributed by atoms with van der Waals surface area (Å²) in [5.41, 5.74) is 2.39. The third-order valence-corrected chi connectivity index (χ3v) is 2.87. The molecule has 1 rings (SSSR count). The van der Waals surface area contributed by atoms with Gasteiger partial charge in [-0.1, -0.05) is 38.1 Å². The van der Waals surface area contributed by atoms with Gasteiger partial charge in [-0.3, -0.25) is 0 Å². The summed E-state index contributed by atoms with van der Waals surface area (Å²) < 4.78 is 0. The third kappa shape index (κ3) is 5.75. The van der Waals surface area contributed by atoms with Gasteiger partial charge in [0.05, 0.1) is 12.6 Å². The summed E-state index contributed by atoms with van der Waals surface area (Å²) in [7, 11) is 0. The molecule has 0 radical (unpaired) electrons. The van der Waals surface area contributed by atoms with Crippen LogP contribution in [0.5, 0.6) is 0 Å². The van der Waals surface area contributed by atoms with Crippen LogP contribution in [0.4, 0.5) is 4.79 Å².